The minimum Gasteiger partial charge on any atom is -0.493 e. The van der Waals surface area contributed by atoms with E-state index in [1.165, 1.54) is 3.57 Å². The van der Waals surface area contributed by atoms with Gasteiger partial charge in [-0.25, -0.2) is 0 Å². The summed E-state index contributed by atoms with van der Waals surface area (Å²) in [7, 11) is 0. The lowest BCUT2D eigenvalue weighted by Crippen LogP contribution is -1.98. The van der Waals surface area contributed by atoms with Crippen molar-refractivity contribution in [3.05, 3.63) is 60.6 Å². The lowest BCUT2D eigenvalue weighted by molar-refractivity contribution is 0.338. The second-order valence-electron chi connectivity index (χ2n) is 4.15. The fourth-order valence-corrected chi connectivity index (χ4v) is 4.27. The Kier molecular flexibility index (Phi) is 6.20. The van der Waals surface area contributed by atoms with E-state index in [-0.39, 0.29) is 4.83 Å². The zero-order valence-corrected chi connectivity index (χ0v) is 16.8. The number of alkyl halides is 1. The molecule has 0 aliphatic carbocycles. The molecule has 0 fully saturated rings. The molecule has 0 aliphatic rings. The van der Waals surface area contributed by atoms with E-state index in [0.717, 1.165) is 26.4 Å². The molecule has 0 saturated carbocycles. The summed E-state index contributed by atoms with van der Waals surface area (Å²) in [6, 6.07) is 12.0. The first-order chi connectivity index (χ1) is 9.52. The van der Waals surface area contributed by atoms with E-state index < -0.39 is 0 Å². The number of halogens is 4. The van der Waals surface area contributed by atoms with E-state index in [1.54, 1.807) is 0 Å². The minimum atomic E-state index is 0.0973. The van der Waals surface area contributed by atoms with Crippen molar-refractivity contribution in [3.8, 4) is 5.75 Å². The van der Waals surface area contributed by atoms with Crippen LogP contribution in [0.25, 0.3) is 0 Å². The van der Waals surface area contributed by atoms with E-state index in [1.807, 2.05) is 31.2 Å². The molecular weight excluding hydrogens is 518 g/mol. The summed E-state index contributed by atoms with van der Waals surface area (Å²) in [6.07, 6.45) is 0. The predicted octanol–water partition coefficient (Wildman–Crippen LogP) is 6.59. The highest BCUT2D eigenvalue weighted by Crippen LogP contribution is 2.38. The van der Waals surface area contributed by atoms with Crippen LogP contribution in [0.1, 0.15) is 22.9 Å². The molecule has 0 N–H and O–H groups in total. The molecule has 0 spiro atoms. The van der Waals surface area contributed by atoms with Gasteiger partial charge in [-0.15, -0.1) is 0 Å². The number of ether oxygens (including phenoxy) is 1. The van der Waals surface area contributed by atoms with Crippen molar-refractivity contribution in [2.75, 3.05) is 6.61 Å². The second-order valence-corrected chi connectivity index (χ2v) is 7.52. The molecular formula is C15H12Br2ClIO. The van der Waals surface area contributed by atoms with Crippen molar-refractivity contribution in [2.45, 2.75) is 11.8 Å². The van der Waals surface area contributed by atoms with Gasteiger partial charge in [-0.2, -0.15) is 0 Å². The maximum absolute atomic E-state index is 6.09. The summed E-state index contributed by atoms with van der Waals surface area (Å²) >= 11 is 15.7. The van der Waals surface area contributed by atoms with Crippen LogP contribution in [0.3, 0.4) is 0 Å². The molecule has 2 aromatic carbocycles. The first kappa shape index (κ1) is 16.6. The van der Waals surface area contributed by atoms with Crippen LogP contribution >= 0.6 is 66.1 Å². The minimum absolute atomic E-state index is 0.0973. The molecule has 20 heavy (non-hydrogen) atoms. The van der Waals surface area contributed by atoms with Gasteiger partial charge in [0.2, 0.25) is 0 Å². The lowest BCUT2D eigenvalue weighted by Gasteiger charge is -2.15. The summed E-state index contributed by atoms with van der Waals surface area (Å²) in [5, 5.41) is 0.745. The van der Waals surface area contributed by atoms with Crippen LogP contribution in [0.4, 0.5) is 0 Å². The zero-order valence-electron chi connectivity index (χ0n) is 10.7. The molecule has 0 amide bonds. The lowest BCUT2D eigenvalue weighted by atomic mass is 10.0. The van der Waals surface area contributed by atoms with E-state index in [9.17, 15) is 0 Å². The first-order valence-electron chi connectivity index (χ1n) is 6.04. The summed E-state index contributed by atoms with van der Waals surface area (Å²) in [5.74, 6) is 0.858. The first-order valence-corrected chi connectivity index (χ1v) is 9.20. The average molecular weight is 530 g/mol. The highest BCUT2D eigenvalue weighted by molar-refractivity contribution is 14.1. The van der Waals surface area contributed by atoms with Gasteiger partial charge in [-0.1, -0.05) is 33.6 Å². The van der Waals surface area contributed by atoms with Crippen LogP contribution < -0.4 is 4.74 Å². The molecule has 0 aromatic heterocycles. The zero-order chi connectivity index (χ0) is 14.7. The summed E-state index contributed by atoms with van der Waals surface area (Å²) < 4.78 is 7.67. The third-order valence-corrected chi connectivity index (χ3v) is 5.64. The molecule has 0 aliphatic heterocycles. The highest BCUT2D eigenvalue weighted by atomic mass is 127. The smallest absolute Gasteiger partial charge is 0.133 e. The number of benzene rings is 2. The van der Waals surface area contributed by atoms with Crippen LogP contribution in [-0.4, -0.2) is 6.61 Å². The molecule has 5 heteroatoms. The van der Waals surface area contributed by atoms with Gasteiger partial charge in [0.05, 0.1) is 15.9 Å². The monoisotopic (exact) mass is 528 g/mol. The fourth-order valence-electron chi connectivity index (χ4n) is 1.84. The van der Waals surface area contributed by atoms with Crippen LogP contribution in [0, 0.1) is 3.57 Å². The van der Waals surface area contributed by atoms with Gasteiger partial charge < -0.3 is 4.74 Å². The molecule has 1 atom stereocenters. The Bertz CT molecular complexity index is 619. The van der Waals surface area contributed by atoms with E-state index in [0.29, 0.717) is 6.61 Å². The number of hydrogen-bond acceptors (Lipinski definition) is 1. The Morgan fingerprint density at radius 1 is 1.25 bits per heavy atom. The Morgan fingerprint density at radius 3 is 2.65 bits per heavy atom. The Balaban J connectivity index is 2.35. The van der Waals surface area contributed by atoms with Gasteiger partial charge in [-0.05, 0) is 86.9 Å². The molecule has 1 nitrogen and oxygen atoms in total. The van der Waals surface area contributed by atoms with E-state index in [4.69, 9.17) is 16.3 Å². The Morgan fingerprint density at radius 2 is 2.00 bits per heavy atom. The second kappa shape index (κ2) is 7.47. The maximum Gasteiger partial charge on any atom is 0.133 e. The normalized spacial score (nSPS) is 12.2. The third-order valence-electron chi connectivity index (χ3n) is 2.78. The van der Waals surface area contributed by atoms with Gasteiger partial charge in [0.1, 0.15) is 5.75 Å². The molecule has 0 heterocycles. The van der Waals surface area contributed by atoms with Crippen molar-refractivity contribution < 1.29 is 4.74 Å². The van der Waals surface area contributed by atoms with Crippen molar-refractivity contribution in [3.63, 3.8) is 0 Å². The maximum atomic E-state index is 6.09. The molecule has 2 rings (SSSR count). The van der Waals surface area contributed by atoms with Gasteiger partial charge in [0.25, 0.3) is 0 Å². The molecule has 2 aromatic rings. The van der Waals surface area contributed by atoms with Crippen LogP contribution in [0.15, 0.2) is 40.9 Å². The van der Waals surface area contributed by atoms with Crippen LogP contribution in [0.5, 0.6) is 5.75 Å². The van der Waals surface area contributed by atoms with E-state index in [2.05, 4.69) is 66.6 Å². The number of hydrogen-bond donors (Lipinski definition) is 0. The molecule has 0 radical (unpaired) electrons. The molecule has 0 bridgehead atoms. The average Bonchev–Trinajstić information content (AvgIpc) is 2.43. The Hall–Kier alpha value is 0.220. The van der Waals surface area contributed by atoms with Crippen LogP contribution in [0.2, 0.25) is 5.02 Å². The Labute approximate surface area is 154 Å². The van der Waals surface area contributed by atoms with Gasteiger partial charge >= 0.3 is 0 Å². The largest absolute Gasteiger partial charge is 0.493 e. The quantitative estimate of drug-likeness (QED) is 0.320. The fraction of sp³-hybridized carbons (Fsp3) is 0.200. The van der Waals surface area contributed by atoms with Crippen molar-refractivity contribution in [1.82, 2.24) is 0 Å². The van der Waals surface area contributed by atoms with Gasteiger partial charge in [0.15, 0.2) is 0 Å². The van der Waals surface area contributed by atoms with Gasteiger partial charge in [-0.3, -0.25) is 0 Å². The van der Waals surface area contributed by atoms with Crippen LogP contribution in [-0.2, 0) is 0 Å². The molecule has 0 saturated heterocycles. The van der Waals surface area contributed by atoms with Crippen molar-refractivity contribution in [1.29, 1.82) is 0 Å². The molecule has 106 valence electrons. The third kappa shape index (κ3) is 3.90. The van der Waals surface area contributed by atoms with E-state index >= 15 is 0 Å². The standard InChI is InChI=1S/C15H12Br2ClIO/c1-2-20-14-6-3-9(7-12(14)16)15(17)11-8-10(18)4-5-13(11)19/h3-8,15H,2H2,1H3. The van der Waals surface area contributed by atoms with Crippen molar-refractivity contribution >= 4 is 66.1 Å². The molecule has 1 unspecified atom stereocenters. The SMILES string of the molecule is CCOc1ccc(C(Br)c2cc(Cl)ccc2I)cc1Br. The summed E-state index contributed by atoms with van der Waals surface area (Å²) in [6.45, 7) is 2.63. The summed E-state index contributed by atoms with van der Waals surface area (Å²) in [5.41, 5.74) is 2.31. The highest BCUT2D eigenvalue weighted by Gasteiger charge is 2.15. The predicted molar refractivity (Wildman–Crippen MR) is 100 cm³/mol. The topological polar surface area (TPSA) is 9.23 Å². The number of rotatable bonds is 4. The van der Waals surface area contributed by atoms with Crippen molar-refractivity contribution in [2.24, 2.45) is 0 Å². The summed E-state index contributed by atoms with van der Waals surface area (Å²) in [4.78, 5) is 0.0973. The van der Waals surface area contributed by atoms with Gasteiger partial charge in [0, 0.05) is 8.59 Å².